The summed E-state index contributed by atoms with van der Waals surface area (Å²) in [6.07, 6.45) is -4.52. The number of carbonyl (C=O) groups is 1. The van der Waals surface area contributed by atoms with Crippen LogP contribution in [0.3, 0.4) is 0 Å². The quantitative estimate of drug-likeness (QED) is 0.808. The van der Waals surface area contributed by atoms with Gasteiger partial charge in [-0.1, -0.05) is 0 Å². The number of halogens is 4. The first kappa shape index (κ1) is 14.3. The Morgan fingerprint density at radius 1 is 1.35 bits per heavy atom. The van der Waals surface area contributed by atoms with Crippen LogP contribution in [0.1, 0.15) is 29.8 Å². The molecule has 0 aliphatic rings. The van der Waals surface area contributed by atoms with E-state index in [4.69, 9.17) is 0 Å². The monoisotopic (exact) mass is 357 g/mol. The lowest BCUT2D eigenvalue weighted by Gasteiger charge is -2.14. The molecule has 0 bridgehead atoms. The summed E-state index contributed by atoms with van der Waals surface area (Å²) in [5.41, 5.74) is -1.24. The summed E-state index contributed by atoms with van der Waals surface area (Å²) in [5, 5.41) is 2.45. The molecule has 1 rings (SSSR count). The van der Waals surface area contributed by atoms with Gasteiger partial charge in [-0.25, -0.2) is 0 Å². The van der Waals surface area contributed by atoms with Gasteiger partial charge in [0, 0.05) is 9.61 Å². The molecule has 0 heterocycles. The molecule has 1 amide bonds. The van der Waals surface area contributed by atoms with E-state index in [9.17, 15) is 18.0 Å². The van der Waals surface area contributed by atoms with Gasteiger partial charge < -0.3 is 5.32 Å². The van der Waals surface area contributed by atoms with Crippen molar-refractivity contribution in [3.05, 3.63) is 32.9 Å². The van der Waals surface area contributed by atoms with Crippen molar-refractivity contribution < 1.29 is 18.0 Å². The Hall–Kier alpha value is -0.790. The molecule has 1 aromatic carbocycles. The molecule has 0 aromatic heterocycles. The highest BCUT2D eigenvalue weighted by atomic mass is 127. The summed E-state index contributed by atoms with van der Waals surface area (Å²) in [6.45, 7) is 3.38. The highest BCUT2D eigenvalue weighted by molar-refractivity contribution is 14.1. The zero-order chi connectivity index (χ0) is 13.2. The smallest absolute Gasteiger partial charge is 0.350 e. The summed E-state index contributed by atoms with van der Waals surface area (Å²) >= 11 is 1.78. The Morgan fingerprint density at radius 3 is 2.41 bits per heavy atom. The van der Waals surface area contributed by atoms with E-state index >= 15 is 0 Å². The first-order valence-corrected chi connectivity index (χ1v) is 5.97. The van der Waals surface area contributed by atoms with Crippen LogP contribution in [0.2, 0.25) is 0 Å². The molecule has 0 saturated carbocycles. The van der Waals surface area contributed by atoms with Crippen molar-refractivity contribution in [2.45, 2.75) is 26.1 Å². The number of amides is 1. The van der Waals surface area contributed by atoms with E-state index in [1.54, 1.807) is 36.4 Å². The SMILES string of the molecule is CC(C)NC(=O)c1ccc(I)cc1C(F)(F)F. The summed E-state index contributed by atoms with van der Waals surface area (Å²) in [7, 11) is 0. The molecule has 0 saturated heterocycles. The van der Waals surface area contributed by atoms with Gasteiger partial charge in [0.25, 0.3) is 5.91 Å². The molecule has 6 heteroatoms. The Balaban J connectivity index is 3.20. The van der Waals surface area contributed by atoms with Gasteiger partial charge in [-0.3, -0.25) is 4.79 Å². The van der Waals surface area contributed by atoms with Crippen LogP contribution in [0.15, 0.2) is 18.2 Å². The van der Waals surface area contributed by atoms with Gasteiger partial charge in [0.1, 0.15) is 0 Å². The van der Waals surface area contributed by atoms with Crippen LogP contribution < -0.4 is 5.32 Å². The topological polar surface area (TPSA) is 29.1 Å². The largest absolute Gasteiger partial charge is 0.417 e. The molecular formula is C11H11F3INO. The zero-order valence-corrected chi connectivity index (χ0v) is 11.4. The Bertz CT molecular complexity index is 429. The van der Waals surface area contributed by atoms with Gasteiger partial charge in [0.2, 0.25) is 0 Å². The Morgan fingerprint density at radius 2 is 1.94 bits per heavy atom. The van der Waals surface area contributed by atoms with Crippen molar-refractivity contribution in [2.24, 2.45) is 0 Å². The number of alkyl halides is 3. The van der Waals surface area contributed by atoms with Crippen LogP contribution in [0, 0.1) is 3.57 Å². The number of nitrogens with one attached hydrogen (secondary N) is 1. The standard InChI is InChI=1S/C11H11F3INO/c1-6(2)16-10(17)8-4-3-7(15)5-9(8)11(12,13)14/h3-6H,1-2H3,(H,16,17). The number of hydrogen-bond donors (Lipinski definition) is 1. The second-order valence-corrected chi connectivity index (χ2v) is 5.06. The minimum Gasteiger partial charge on any atom is -0.350 e. The van der Waals surface area contributed by atoms with Gasteiger partial charge in [-0.2, -0.15) is 13.2 Å². The van der Waals surface area contributed by atoms with Crippen molar-refractivity contribution >= 4 is 28.5 Å². The first-order chi connectivity index (χ1) is 7.71. The second kappa shape index (κ2) is 5.24. The van der Waals surface area contributed by atoms with Gasteiger partial charge in [-0.15, -0.1) is 0 Å². The zero-order valence-electron chi connectivity index (χ0n) is 9.23. The number of benzene rings is 1. The normalized spacial score (nSPS) is 11.7. The summed E-state index contributed by atoms with van der Waals surface area (Å²) < 4.78 is 38.7. The predicted octanol–water partition coefficient (Wildman–Crippen LogP) is 3.45. The third-order valence-electron chi connectivity index (χ3n) is 1.95. The van der Waals surface area contributed by atoms with E-state index in [1.165, 1.54) is 12.1 Å². The molecule has 2 nitrogen and oxygen atoms in total. The molecule has 0 aliphatic carbocycles. The lowest BCUT2D eigenvalue weighted by Crippen LogP contribution is -2.31. The van der Waals surface area contributed by atoms with E-state index < -0.39 is 17.6 Å². The van der Waals surface area contributed by atoms with Crippen LogP contribution in [0.25, 0.3) is 0 Å². The molecule has 17 heavy (non-hydrogen) atoms. The molecule has 1 aromatic rings. The average molecular weight is 357 g/mol. The van der Waals surface area contributed by atoms with Crippen LogP contribution >= 0.6 is 22.6 Å². The third-order valence-corrected chi connectivity index (χ3v) is 2.62. The first-order valence-electron chi connectivity index (χ1n) is 4.89. The lowest BCUT2D eigenvalue weighted by atomic mass is 10.1. The minimum atomic E-state index is -4.52. The maximum absolute atomic E-state index is 12.7. The van der Waals surface area contributed by atoms with E-state index in [2.05, 4.69) is 5.32 Å². The van der Waals surface area contributed by atoms with Gasteiger partial charge in [0.05, 0.1) is 11.1 Å². The van der Waals surface area contributed by atoms with Crippen molar-refractivity contribution in [2.75, 3.05) is 0 Å². The van der Waals surface area contributed by atoms with Crippen molar-refractivity contribution in [3.63, 3.8) is 0 Å². The fraction of sp³-hybridized carbons (Fsp3) is 0.364. The van der Waals surface area contributed by atoms with Crippen molar-refractivity contribution in [3.8, 4) is 0 Å². The molecule has 0 aliphatic heterocycles. The van der Waals surface area contributed by atoms with Gasteiger partial charge in [-0.05, 0) is 54.6 Å². The fourth-order valence-electron chi connectivity index (χ4n) is 1.29. The van der Waals surface area contributed by atoms with Crippen molar-refractivity contribution in [1.82, 2.24) is 5.32 Å². The summed E-state index contributed by atoms with van der Waals surface area (Å²) in [6, 6.07) is 3.44. The average Bonchev–Trinajstić information content (AvgIpc) is 2.14. The number of carbonyl (C=O) groups excluding carboxylic acids is 1. The van der Waals surface area contributed by atoms with E-state index in [0.717, 1.165) is 6.07 Å². The number of rotatable bonds is 2. The number of hydrogen-bond acceptors (Lipinski definition) is 1. The predicted molar refractivity (Wildman–Crippen MR) is 66.8 cm³/mol. The summed E-state index contributed by atoms with van der Waals surface area (Å²) in [4.78, 5) is 11.6. The molecule has 0 fully saturated rings. The Kier molecular flexibility index (Phi) is 4.40. The molecule has 0 radical (unpaired) electrons. The van der Waals surface area contributed by atoms with Gasteiger partial charge >= 0.3 is 6.18 Å². The fourth-order valence-corrected chi connectivity index (χ4v) is 1.78. The molecule has 1 N–H and O–H groups in total. The maximum Gasteiger partial charge on any atom is 0.417 e. The maximum atomic E-state index is 12.7. The third kappa shape index (κ3) is 3.86. The van der Waals surface area contributed by atoms with E-state index in [1.807, 2.05) is 0 Å². The van der Waals surface area contributed by atoms with E-state index in [-0.39, 0.29) is 11.6 Å². The van der Waals surface area contributed by atoms with Crippen LogP contribution in [-0.4, -0.2) is 11.9 Å². The van der Waals surface area contributed by atoms with Gasteiger partial charge in [0.15, 0.2) is 0 Å². The highest BCUT2D eigenvalue weighted by Gasteiger charge is 2.35. The second-order valence-electron chi connectivity index (χ2n) is 3.82. The van der Waals surface area contributed by atoms with Crippen LogP contribution in [-0.2, 0) is 6.18 Å². The highest BCUT2D eigenvalue weighted by Crippen LogP contribution is 2.33. The summed E-state index contributed by atoms with van der Waals surface area (Å²) in [5.74, 6) is -0.705. The van der Waals surface area contributed by atoms with Crippen molar-refractivity contribution in [1.29, 1.82) is 0 Å². The molecular weight excluding hydrogens is 346 g/mol. The van der Waals surface area contributed by atoms with Crippen LogP contribution in [0.5, 0.6) is 0 Å². The van der Waals surface area contributed by atoms with Crippen LogP contribution in [0.4, 0.5) is 13.2 Å². The Labute approximate surface area is 111 Å². The molecule has 94 valence electrons. The molecule has 0 atom stereocenters. The lowest BCUT2D eigenvalue weighted by molar-refractivity contribution is -0.138. The molecule has 0 unspecified atom stereocenters. The van der Waals surface area contributed by atoms with E-state index in [0.29, 0.717) is 3.57 Å². The minimum absolute atomic E-state index is 0.206. The molecule has 0 spiro atoms.